The summed E-state index contributed by atoms with van der Waals surface area (Å²) in [6, 6.07) is 19.7. The number of nitrogens with one attached hydrogen (secondary N) is 1. The minimum absolute atomic E-state index is 0.356. The molecule has 4 nitrogen and oxygen atoms in total. The highest BCUT2D eigenvalue weighted by atomic mass is 35.5. The van der Waals surface area contributed by atoms with Gasteiger partial charge in [0.25, 0.3) is 0 Å². The summed E-state index contributed by atoms with van der Waals surface area (Å²) in [6.45, 7) is 0. The lowest BCUT2D eigenvalue weighted by Crippen LogP contribution is -2.21. The molecule has 2 aromatic carbocycles. The first-order valence-electron chi connectivity index (χ1n) is 8.07. The smallest absolute Gasteiger partial charge is 0.306 e. The fourth-order valence-electron chi connectivity index (χ4n) is 2.62. The second kappa shape index (κ2) is 7.56. The van der Waals surface area contributed by atoms with Crippen molar-refractivity contribution in [2.24, 2.45) is 0 Å². The predicted octanol–water partition coefficient (Wildman–Crippen LogP) is 6.67. The number of hydrogen-bond acceptors (Lipinski definition) is 3. The minimum Gasteiger partial charge on any atom is -0.306 e. The molecule has 2 heterocycles. The molecule has 1 N–H and O–H groups in total. The van der Waals surface area contributed by atoms with Gasteiger partial charge in [0, 0.05) is 21.3 Å². The van der Waals surface area contributed by atoms with E-state index in [9.17, 15) is 4.79 Å². The normalized spacial score (nSPS) is 10.7. The van der Waals surface area contributed by atoms with Crippen LogP contribution in [-0.4, -0.2) is 15.8 Å². The molecule has 0 atom stereocenters. The van der Waals surface area contributed by atoms with Crippen LogP contribution in [0.1, 0.15) is 0 Å². The molecule has 134 valence electrons. The summed E-state index contributed by atoms with van der Waals surface area (Å²) in [5, 5.41) is 10.6. The molecular formula is C20H13Cl2N3OS. The summed E-state index contributed by atoms with van der Waals surface area (Å²) in [6.07, 6.45) is 0. The molecule has 0 fully saturated rings. The molecule has 0 saturated carbocycles. The first-order valence-corrected chi connectivity index (χ1v) is 9.70. The van der Waals surface area contributed by atoms with Gasteiger partial charge in [-0.1, -0.05) is 41.4 Å². The summed E-state index contributed by atoms with van der Waals surface area (Å²) in [7, 11) is 0. The molecule has 0 aliphatic heterocycles. The van der Waals surface area contributed by atoms with Gasteiger partial charge in [-0.05, 0) is 53.9 Å². The number of aromatic nitrogens is 2. The Hall–Kier alpha value is -2.60. The average Bonchev–Trinajstić information content (AvgIpc) is 3.33. The number of benzene rings is 2. The molecule has 0 bridgehead atoms. The number of amides is 1. The van der Waals surface area contributed by atoms with E-state index in [4.69, 9.17) is 23.2 Å². The highest BCUT2D eigenvalue weighted by molar-refractivity contribution is 7.13. The van der Waals surface area contributed by atoms with Crippen LogP contribution >= 0.6 is 34.5 Å². The van der Waals surface area contributed by atoms with Gasteiger partial charge < -0.3 is 5.32 Å². The van der Waals surface area contributed by atoms with E-state index >= 15 is 0 Å². The average molecular weight is 414 g/mol. The van der Waals surface area contributed by atoms with Crippen molar-refractivity contribution in [1.82, 2.24) is 9.78 Å². The van der Waals surface area contributed by atoms with Crippen LogP contribution in [0.3, 0.4) is 0 Å². The Kier molecular flexibility index (Phi) is 4.99. The summed E-state index contributed by atoms with van der Waals surface area (Å²) >= 11 is 13.5. The maximum Gasteiger partial charge on any atom is 0.347 e. The first-order chi connectivity index (χ1) is 13.1. The Morgan fingerprint density at radius 1 is 0.963 bits per heavy atom. The van der Waals surface area contributed by atoms with Crippen molar-refractivity contribution < 1.29 is 4.79 Å². The van der Waals surface area contributed by atoms with Crippen molar-refractivity contribution in [3.05, 3.63) is 82.2 Å². The van der Waals surface area contributed by atoms with Crippen LogP contribution in [0.15, 0.2) is 72.1 Å². The summed E-state index contributed by atoms with van der Waals surface area (Å²) in [5.41, 5.74) is 2.91. The van der Waals surface area contributed by atoms with E-state index < -0.39 is 0 Å². The third-order valence-electron chi connectivity index (χ3n) is 3.91. The quantitative estimate of drug-likeness (QED) is 0.407. The maximum atomic E-state index is 12.9. The molecule has 1 amide bonds. The van der Waals surface area contributed by atoms with Crippen LogP contribution in [0.25, 0.3) is 21.8 Å². The summed E-state index contributed by atoms with van der Waals surface area (Å²) < 4.78 is 1.37. The third kappa shape index (κ3) is 3.90. The van der Waals surface area contributed by atoms with Gasteiger partial charge in [-0.25, -0.2) is 4.79 Å². The number of carbonyl (C=O) groups is 1. The number of carbonyl (C=O) groups excluding carboxylic acids is 1. The fourth-order valence-corrected chi connectivity index (χ4v) is 3.55. The van der Waals surface area contributed by atoms with Crippen LogP contribution in [0.5, 0.6) is 0 Å². The number of hydrogen-bond donors (Lipinski definition) is 1. The predicted molar refractivity (Wildman–Crippen MR) is 112 cm³/mol. The Balaban J connectivity index is 1.74. The topological polar surface area (TPSA) is 46.9 Å². The van der Waals surface area contributed by atoms with Crippen molar-refractivity contribution in [3.8, 4) is 21.8 Å². The zero-order valence-electron chi connectivity index (χ0n) is 13.9. The Morgan fingerprint density at radius 3 is 2.26 bits per heavy atom. The molecule has 0 saturated heterocycles. The number of halogens is 2. The molecule has 0 unspecified atom stereocenters. The molecule has 0 spiro atoms. The molecule has 27 heavy (non-hydrogen) atoms. The maximum absolute atomic E-state index is 12.9. The van der Waals surface area contributed by atoms with E-state index in [1.54, 1.807) is 47.7 Å². The van der Waals surface area contributed by atoms with Crippen LogP contribution in [0, 0.1) is 0 Å². The molecule has 4 aromatic rings. The van der Waals surface area contributed by atoms with E-state index in [1.807, 2.05) is 35.7 Å². The monoisotopic (exact) mass is 413 g/mol. The number of nitrogens with zero attached hydrogens (tertiary/aromatic N) is 2. The second-order valence-corrected chi connectivity index (χ2v) is 7.57. The van der Waals surface area contributed by atoms with Crippen molar-refractivity contribution in [2.75, 3.05) is 5.32 Å². The molecule has 7 heteroatoms. The van der Waals surface area contributed by atoms with Gasteiger partial charge in [0.2, 0.25) is 0 Å². The van der Waals surface area contributed by atoms with Gasteiger partial charge in [-0.3, -0.25) is 0 Å². The lowest BCUT2D eigenvalue weighted by molar-refractivity contribution is 0.251. The lowest BCUT2D eigenvalue weighted by atomic mass is 10.1. The van der Waals surface area contributed by atoms with E-state index in [-0.39, 0.29) is 6.03 Å². The SMILES string of the molecule is O=C(Nc1ccc(Cl)cc1)n1nc(-c2cccs2)cc1-c1ccc(Cl)cc1. The van der Waals surface area contributed by atoms with Gasteiger partial charge in [-0.15, -0.1) is 11.3 Å². The summed E-state index contributed by atoms with van der Waals surface area (Å²) in [5.74, 6) is 0. The number of anilines is 1. The highest BCUT2D eigenvalue weighted by Gasteiger charge is 2.17. The Morgan fingerprint density at radius 2 is 1.63 bits per heavy atom. The zero-order chi connectivity index (χ0) is 18.8. The fraction of sp³-hybridized carbons (Fsp3) is 0. The van der Waals surface area contributed by atoms with E-state index in [0.29, 0.717) is 21.4 Å². The van der Waals surface area contributed by atoms with Gasteiger partial charge >= 0.3 is 6.03 Å². The molecule has 2 aromatic heterocycles. The molecule has 0 aliphatic carbocycles. The third-order valence-corrected chi connectivity index (χ3v) is 5.31. The van der Waals surface area contributed by atoms with Crippen molar-refractivity contribution >= 4 is 46.3 Å². The zero-order valence-corrected chi connectivity index (χ0v) is 16.2. The second-order valence-electron chi connectivity index (χ2n) is 5.75. The molecule has 0 aliphatic rings. The van der Waals surface area contributed by atoms with Gasteiger partial charge in [-0.2, -0.15) is 9.78 Å². The van der Waals surface area contributed by atoms with Crippen molar-refractivity contribution in [1.29, 1.82) is 0 Å². The van der Waals surface area contributed by atoms with Gasteiger partial charge in [0.15, 0.2) is 0 Å². The Bertz CT molecular complexity index is 1070. The minimum atomic E-state index is -0.356. The van der Waals surface area contributed by atoms with Gasteiger partial charge in [0.1, 0.15) is 5.69 Å². The van der Waals surface area contributed by atoms with E-state index in [0.717, 1.165) is 16.1 Å². The van der Waals surface area contributed by atoms with Crippen molar-refractivity contribution in [2.45, 2.75) is 0 Å². The number of thiophene rings is 1. The van der Waals surface area contributed by atoms with Crippen LogP contribution < -0.4 is 5.32 Å². The standard InChI is InChI=1S/C20H13Cl2N3OS/c21-14-5-3-13(4-6-14)18-12-17(19-2-1-11-27-19)24-25(18)20(26)23-16-9-7-15(22)8-10-16/h1-12H,(H,23,26). The highest BCUT2D eigenvalue weighted by Crippen LogP contribution is 2.30. The molecule has 4 rings (SSSR count). The first kappa shape index (κ1) is 17.8. The van der Waals surface area contributed by atoms with E-state index in [2.05, 4.69) is 10.4 Å². The van der Waals surface area contributed by atoms with Crippen LogP contribution in [-0.2, 0) is 0 Å². The van der Waals surface area contributed by atoms with E-state index in [1.165, 1.54) is 4.68 Å². The number of rotatable bonds is 3. The lowest BCUT2D eigenvalue weighted by Gasteiger charge is -2.08. The molecule has 0 radical (unpaired) electrons. The largest absolute Gasteiger partial charge is 0.347 e. The molecular weight excluding hydrogens is 401 g/mol. The Labute approximate surface area is 170 Å². The van der Waals surface area contributed by atoms with Crippen LogP contribution in [0.2, 0.25) is 10.0 Å². The van der Waals surface area contributed by atoms with Gasteiger partial charge in [0.05, 0.1) is 10.6 Å². The van der Waals surface area contributed by atoms with Crippen molar-refractivity contribution in [3.63, 3.8) is 0 Å². The summed E-state index contributed by atoms with van der Waals surface area (Å²) in [4.78, 5) is 13.9. The van der Waals surface area contributed by atoms with Crippen LogP contribution in [0.4, 0.5) is 10.5 Å².